The molecular weight excluding hydrogens is 374 g/mol. The number of nitrogens with zero attached hydrogens (tertiary/aromatic N) is 1. The number of nitrogens with two attached hydrogens (primary N) is 1. The summed E-state index contributed by atoms with van der Waals surface area (Å²) in [4.78, 5) is 19.2. The molecule has 30 heavy (non-hydrogen) atoms. The van der Waals surface area contributed by atoms with Crippen molar-refractivity contribution in [1.82, 2.24) is 9.88 Å². The standard InChI is InChI=1S/C25H29N3O2/c1-28-16-25(10-11-26,24(29)30-15-17-6-3-2-4-7-17)13-20-19-8-5-9-21-23(19)18(14-27-21)12-22(20)28/h2-9,14,20,22,27H,10-13,15-16,26H2,1H3/t20-,22-,25-/m1/s1. The van der Waals surface area contributed by atoms with Gasteiger partial charge >= 0.3 is 5.97 Å². The minimum atomic E-state index is -0.574. The van der Waals surface area contributed by atoms with E-state index in [1.165, 1.54) is 22.0 Å². The summed E-state index contributed by atoms with van der Waals surface area (Å²) >= 11 is 0. The van der Waals surface area contributed by atoms with Gasteiger partial charge in [0.25, 0.3) is 0 Å². The molecule has 5 heteroatoms. The molecule has 1 saturated heterocycles. The van der Waals surface area contributed by atoms with Crippen LogP contribution in [0.2, 0.25) is 0 Å². The van der Waals surface area contributed by atoms with E-state index in [1.54, 1.807) is 0 Å². The zero-order valence-electron chi connectivity index (χ0n) is 17.4. The van der Waals surface area contributed by atoms with Crippen molar-refractivity contribution in [2.75, 3.05) is 20.1 Å². The Morgan fingerprint density at radius 3 is 2.87 bits per heavy atom. The molecule has 3 aromatic rings. The highest BCUT2D eigenvalue weighted by molar-refractivity contribution is 5.88. The van der Waals surface area contributed by atoms with Gasteiger partial charge in [0.1, 0.15) is 6.61 Å². The van der Waals surface area contributed by atoms with Gasteiger partial charge in [-0.15, -0.1) is 0 Å². The van der Waals surface area contributed by atoms with Gasteiger partial charge in [-0.2, -0.15) is 0 Å². The van der Waals surface area contributed by atoms with Crippen molar-refractivity contribution in [3.8, 4) is 0 Å². The number of fused-ring (bicyclic) bond motifs is 2. The summed E-state index contributed by atoms with van der Waals surface area (Å²) in [6, 6.07) is 16.8. The molecule has 1 fully saturated rings. The van der Waals surface area contributed by atoms with Crippen LogP contribution >= 0.6 is 0 Å². The molecule has 3 atom stereocenters. The molecule has 3 N–H and O–H groups in total. The van der Waals surface area contributed by atoms with Gasteiger partial charge in [-0.1, -0.05) is 42.5 Å². The summed E-state index contributed by atoms with van der Waals surface area (Å²) in [7, 11) is 2.14. The van der Waals surface area contributed by atoms with Crippen molar-refractivity contribution >= 4 is 16.9 Å². The van der Waals surface area contributed by atoms with E-state index in [0.717, 1.165) is 18.4 Å². The van der Waals surface area contributed by atoms with Crippen molar-refractivity contribution in [1.29, 1.82) is 0 Å². The van der Waals surface area contributed by atoms with Gasteiger partial charge in [0.15, 0.2) is 0 Å². The molecule has 5 nitrogen and oxygen atoms in total. The number of hydrogen-bond acceptors (Lipinski definition) is 4. The molecule has 0 bridgehead atoms. The molecule has 2 aromatic carbocycles. The van der Waals surface area contributed by atoms with E-state index in [9.17, 15) is 4.79 Å². The Labute approximate surface area is 177 Å². The smallest absolute Gasteiger partial charge is 0.313 e. The van der Waals surface area contributed by atoms with Crippen molar-refractivity contribution in [2.45, 2.75) is 37.8 Å². The van der Waals surface area contributed by atoms with Crippen molar-refractivity contribution in [3.63, 3.8) is 0 Å². The van der Waals surface area contributed by atoms with E-state index in [1.807, 2.05) is 30.3 Å². The number of aromatic nitrogens is 1. The molecule has 0 spiro atoms. The molecule has 2 aliphatic rings. The van der Waals surface area contributed by atoms with Crippen LogP contribution in [-0.4, -0.2) is 42.0 Å². The maximum atomic E-state index is 13.4. The lowest BCUT2D eigenvalue weighted by molar-refractivity contribution is -0.163. The molecular formula is C25H29N3O2. The Morgan fingerprint density at radius 2 is 2.07 bits per heavy atom. The molecule has 1 aliphatic carbocycles. The quantitative estimate of drug-likeness (QED) is 0.639. The minimum Gasteiger partial charge on any atom is -0.460 e. The van der Waals surface area contributed by atoms with E-state index in [4.69, 9.17) is 10.5 Å². The first-order valence-corrected chi connectivity index (χ1v) is 10.8. The lowest BCUT2D eigenvalue weighted by Gasteiger charge is -2.50. The van der Waals surface area contributed by atoms with Gasteiger partial charge in [-0.3, -0.25) is 4.79 Å². The highest BCUT2D eigenvalue weighted by Gasteiger charge is 2.50. The van der Waals surface area contributed by atoms with Gasteiger partial charge in [0.05, 0.1) is 5.41 Å². The fourth-order valence-corrected chi connectivity index (χ4v) is 5.70. The Hall–Kier alpha value is -2.63. The fraction of sp³-hybridized carbons (Fsp3) is 0.400. The number of nitrogens with one attached hydrogen (secondary N) is 1. The van der Waals surface area contributed by atoms with E-state index < -0.39 is 5.41 Å². The van der Waals surface area contributed by atoms with Crippen LogP contribution in [0.25, 0.3) is 10.9 Å². The number of ether oxygens (including phenoxy) is 1. The monoisotopic (exact) mass is 403 g/mol. The highest BCUT2D eigenvalue weighted by atomic mass is 16.5. The Morgan fingerprint density at radius 1 is 1.23 bits per heavy atom. The molecule has 0 amide bonds. The number of carbonyl (C=O) groups is 1. The van der Waals surface area contributed by atoms with E-state index in [0.29, 0.717) is 38.1 Å². The van der Waals surface area contributed by atoms with E-state index in [2.05, 4.69) is 41.3 Å². The molecule has 156 valence electrons. The molecule has 0 saturated carbocycles. The van der Waals surface area contributed by atoms with Crippen LogP contribution in [0.3, 0.4) is 0 Å². The zero-order valence-corrected chi connectivity index (χ0v) is 17.4. The zero-order chi connectivity index (χ0) is 20.7. The molecule has 1 aliphatic heterocycles. The van der Waals surface area contributed by atoms with Crippen molar-refractivity contribution in [3.05, 3.63) is 71.4 Å². The molecule has 5 rings (SSSR count). The normalized spacial score (nSPS) is 25.8. The number of likely N-dealkylation sites (N-methyl/N-ethyl adjacent to an activating group) is 1. The molecule has 0 radical (unpaired) electrons. The Bertz CT molecular complexity index is 1060. The Kier molecular flexibility index (Phi) is 4.88. The average Bonchev–Trinajstić information content (AvgIpc) is 3.18. The topological polar surface area (TPSA) is 71.3 Å². The van der Waals surface area contributed by atoms with Crippen LogP contribution in [0.4, 0.5) is 0 Å². The van der Waals surface area contributed by atoms with Crippen LogP contribution in [0.15, 0.2) is 54.7 Å². The number of esters is 1. The molecule has 1 aromatic heterocycles. The predicted molar refractivity (Wildman–Crippen MR) is 118 cm³/mol. The summed E-state index contributed by atoms with van der Waals surface area (Å²) in [6.07, 6.45) is 4.59. The van der Waals surface area contributed by atoms with Gasteiger partial charge in [-0.05, 0) is 55.6 Å². The maximum Gasteiger partial charge on any atom is 0.313 e. The molecule has 2 heterocycles. The van der Waals surface area contributed by atoms with Crippen LogP contribution in [0, 0.1) is 5.41 Å². The largest absolute Gasteiger partial charge is 0.460 e. The average molecular weight is 404 g/mol. The predicted octanol–water partition coefficient (Wildman–Crippen LogP) is 3.59. The second-order valence-electron chi connectivity index (χ2n) is 8.96. The first-order valence-electron chi connectivity index (χ1n) is 10.8. The number of carbonyl (C=O) groups excluding carboxylic acids is 1. The SMILES string of the molecule is CN1C[C@](CCN)(C(=O)OCc2ccccc2)C[C@@H]2c3cccc4[nH]cc(c34)C[C@H]21. The number of piperidine rings is 1. The lowest BCUT2D eigenvalue weighted by atomic mass is 9.65. The van der Waals surface area contributed by atoms with Crippen LogP contribution in [0.1, 0.15) is 35.4 Å². The van der Waals surface area contributed by atoms with E-state index >= 15 is 0 Å². The third-order valence-electron chi connectivity index (χ3n) is 7.11. The Balaban J connectivity index is 1.46. The number of likely N-dealkylation sites (tertiary alicyclic amines) is 1. The number of hydrogen-bond donors (Lipinski definition) is 2. The summed E-state index contributed by atoms with van der Waals surface area (Å²) < 4.78 is 5.85. The third-order valence-corrected chi connectivity index (χ3v) is 7.11. The van der Waals surface area contributed by atoms with E-state index in [-0.39, 0.29) is 5.97 Å². The van der Waals surface area contributed by atoms with Crippen LogP contribution in [-0.2, 0) is 22.6 Å². The van der Waals surface area contributed by atoms with Crippen molar-refractivity contribution in [2.24, 2.45) is 11.1 Å². The number of rotatable bonds is 5. The number of benzene rings is 2. The first-order chi connectivity index (χ1) is 14.6. The van der Waals surface area contributed by atoms with Gasteiger partial charge < -0.3 is 20.4 Å². The fourth-order valence-electron chi connectivity index (χ4n) is 5.70. The number of aromatic amines is 1. The maximum absolute atomic E-state index is 13.4. The second-order valence-corrected chi connectivity index (χ2v) is 8.96. The van der Waals surface area contributed by atoms with Gasteiger partial charge in [0, 0.05) is 35.6 Å². The molecule has 0 unspecified atom stereocenters. The third kappa shape index (κ3) is 3.13. The van der Waals surface area contributed by atoms with Crippen LogP contribution < -0.4 is 5.73 Å². The second kappa shape index (κ2) is 7.56. The lowest BCUT2D eigenvalue weighted by Crippen LogP contribution is -2.56. The van der Waals surface area contributed by atoms with Gasteiger partial charge in [0.2, 0.25) is 0 Å². The number of H-pyrrole nitrogens is 1. The summed E-state index contributed by atoms with van der Waals surface area (Å²) in [5.74, 6) is 0.181. The highest BCUT2D eigenvalue weighted by Crippen LogP contribution is 2.49. The summed E-state index contributed by atoms with van der Waals surface area (Å²) in [6.45, 7) is 1.47. The van der Waals surface area contributed by atoms with Gasteiger partial charge in [-0.25, -0.2) is 0 Å². The van der Waals surface area contributed by atoms with Crippen LogP contribution in [0.5, 0.6) is 0 Å². The minimum absolute atomic E-state index is 0.117. The van der Waals surface area contributed by atoms with Crippen molar-refractivity contribution < 1.29 is 9.53 Å². The summed E-state index contributed by atoms with van der Waals surface area (Å²) in [5.41, 5.74) is 10.4. The first kappa shape index (κ1) is 19.3. The summed E-state index contributed by atoms with van der Waals surface area (Å²) in [5, 5.41) is 1.34.